The van der Waals surface area contributed by atoms with Gasteiger partial charge in [-0.1, -0.05) is 37.3 Å². The Balaban J connectivity index is 2.18. The van der Waals surface area contributed by atoms with E-state index in [1.54, 1.807) is 0 Å². The summed E-state index contributed by atoms with van der Waals surface area (Å²) in [4.78, 5) is 2.34. The van der Waals surface area contributed by atoms with E-state index in [-0.39, 0.29) is 12.6 Å². The van der Waals surface area contributed by atoms with Gasteiger partial charge >= 0.3 is 0 Å². The van der Waals surface area contributed by atoms with Crippen molar-refractivity contribution in [3.63, 3.8) is 0 Å². The van der Waals surface area contributed by atoms with Crippen LogP contribution in [0.2, 0.25) is 0 Å². The van der Waals surface area contributed by atoms with Crippen LogP contribution in [0.1, 0.15) is 25.3 Å². The third kappa shape index (κ3) is 7.31. The lowest BCUT2D eigenvalue weighted by atomic mass is 10.1. The topological polar surface area (TPSA) is 35.5 Å². The Bertz CT molecular complexity index is 316. The van der Waals surface area contributed by atoms with Crippen LogP contribution < -0.4 is 5.32 Å². The molecule has 0 radical (unpaired) electrons. The molecule has 108 valence electrons. The molecule has 0 aliphatic heterocycles. The number of hydrogen-bond donors (Lipinski definition) is 2. The molecule has 0 amide bonds. The van der Waals surface area contributed by atoms with Gasteiger partial charge in [0.15, 0.2) is 0 Å². The number of aliphatic hydroxyl groups excluding tert-OH is 1. The molecule has 2 N–H and O–H groups in total. The SMILES string of the molecule is CCCNC(CO)CCN(C)CCc1ccccc1. The van der Waals surface area contributed by atoms with Gasteiger partial charge in [-0.3, -0.25) is 0 Å². The van der Waals surface area contributed by atoms with Gasteiger partial charge in [-0.25, -0.2) is 0 Å². The summed E-state index contributed by atoms with van der Waals surface area (Å²) in [5.41, 5.74) is 1.39. The predicted octanol–water partition coefficient (Wildman–Crippen LogP) is 1.91. The molecular weight excluding hydrogens is 236 g/mol. The van der Waals surface area contributed by atoms with E-state index in [1.807, 2.05) is 0 Å². The Morgan fingerprint density at radius 2 is 1.95 bits per heavy atom. The van der Waals surface area contributed by atoms with E-state index in [1.165, 1.54) is 5.56 Å². The third-order valence-electron chi connectivity index (χ3n) is 3.39. The van der Waals surface area contributed by atoms with Crippen molar-refractivity contribution in [2.75, 3.05) is 33.3 Å². The van der Waals surface area contributed by atoms with Gasteiger partial charge in [0.1, 0.15) is 0 Å². The fourth-order valence-electron chi connectivity index (χ4n) is 2.06. The molecule has 1 atom stereocenters. The standard InChI is InChI=1S/C16H28N2O/c1-3-11-17-16(14-19)10-13-18(2)12-9-15-7-5-4-6-8-15/h4-8,16-17,19H,3,9-14H2,1-2H3. The van der Waals surface area contributed by atoms with Crippen LogP contribution in [0.4, 0.5) is 0 Å². The zero-order chi connectivity index (χ0) is 13.9. The zero-order valence-electron chi connectivity index (χ0n) is 12.3. The summed E-state index contributed by atoms with van der Waals surface area (Å²) in [5.74, 6) is 0. The highest BCUT2D eigenvalue weighted by atomic mass is 16.3. The number of aliphatic hydroxyl groups is 1. The normalized spacial score (nSPS) is 12.8. The second-order valence-corrected chi connectivity index (χ2v) is 5.16. The highest BCUT2D eigenvalue weighted by Gasteiger charge is 2.07. The average molecular weight is 264 g/mol. The minimum absolute atomic E-state index is 0.229. The summed E-state index contributed by atoms with van der Waals surface area (Å²) in [6.07, 6.45) is 3.20. The molecule has 0 saturated carbocycles. The van der Waals surface area contributed by atoms with Crippen LogP contribution in [-0.2, 0) is 6.42 Å². The number of benzene rings is 1. The smallest absolute Gasteiger partial charge is 0.0585 e. The predicted molar refractivity (Wildman–Crippen MR) is 81.4 cm³/mol. The quantitative estimate of drug-likeness (QED) is 0.677. The van der Waals surface area contributed by atoms with Crippen molar-refractivity contribution in [1.29, 1.82) is 0 Å². The van der Waals surface area contributed by atoms with E-state index in [0.29, 0.717) is 0 Å². The van der Waals surface area contributed by atoms with E-state index < -0.39 is 0 Å². The Hall–Kier alpha value is -0.900. The fraction of sp³-hybridized carbons (Fsp3) is 0.625. The Labute approximate surface area is 117 Å². The van der Waals surface area contributed by atoms with Crippen LogP contribution >= 0.6 is 0 Å². The molecule has 19 heavy (non-hydrogen) atoms. The maximum atomic E-state index is 9.29. The maximum absolute atomic E-state index is 9.29. The van der Waals surface area contributed by atoms with E-state index in [4.69, 9.17) is 0 Å². The van der Waals surface area contributed by atoms with Crippen molar-refractivity contribution < 1.29 is 5.11 Å². The first-order chi connectivity index (χ1) is 9.26. The van der Waals surface area contributed by atoms with Crippen LogP contribution in [0.5, 0.6) is 0 Å². The van der Waals surface area contributed by atoms with Gasteiger partial charge in [-0.2, -0.15) is 0 Å². The Morgan fingerprint density at radius 1 is 1.21 bits per heavy atom. The second-order valence-electron chi connectivity index (χ2n) is 5.16. The average Bonchev–Trinajstić information content (AvgIpc) is 2.46. The maximum Gasteiger partial charge on any atom is 0.0585 e. The summed E-state index contributed by atoms with van der Waals surface area (Å²) < 4.78 is 0. The number of nitrogens with zero attached hydrogens (tertiary/aromatic N) is 1. The number of likely N-dealkylation sites (N-methyl/N-ethyl adjacent to an activating group) is 1. The van der Waals surface area contributed by atoms with Crippen LogP contribution in [0.3, 0.4) is 0 Å². The van der Waals surface area contributed by atoms with Gasteiger partial charge in [0.05, 0.1) is 6.61 Å². The molecule has 1 unspecified atom stereocenters. The number of nitrogens with one attached hydrogen (secondary N) is 1. The molecule has 1 aromatic rings. The summed E-state index contributed by atoms with van der Waals surface area (Å²) in [6.45, 7) is 5.45. The van der Waals surface area contributed by atoms with Gasteiger partial charge in [-0.15, -0.1) is 0 Å². The van der Waals surface area contributed by atoms with Crippen LogP contribution in [0.25, 0.3) is 0 Å². The first-order valence-corrected chi connectivity index (χ1v) is 7.33. The van der Waals surface area contributed by atoms with Crippen LogP contribution in [0.15, 0.2) is 30.3 Å². The highest BCUT2D eigenvalue weighted by molar-refractivity contribution is 5.14. The van der Waals surface area contributed by atoms with Crippen molar-refractivity contribution >= 4 is 0 Å². The molecule has 3 nitrogen and oxygen atoms in total. The summed E-state index contributed by atoms with van der Waals surface area (Å²) in [7, 11) is 2.15. The number of hydrogen-bond acceptors (Lipinski definition) is 3. The molecule has 0 spiro atoms. The van der Waals surface area contributed by atoms with Gasteiger partial charge in [0.2, 0.25) is 0 Å². The van der Waals surface area contributed by atoms with Crippen molar-refractivity contribution in [2.45, 2.75) is 32.2 Å². The fourth-order valence-corrected chi connectivity index (χ4v) is 2.06. The van der Waals surface area contributed by atoms with Crippen LogP contribution in [-0.4, -0.2) is 49.3 Å². The molecule has 0 saturated heterocycles. The van der Waals surface area contributed by atoms with E-state index in [0.717, 1.165) is 38.9 Å². The monoisotopic (exact) mass is 264 g/mol. The van der Waals surface area contributed by atoms with Gasteiger partial charge in [-0.05, 0) is 45.0 Å². The first kappa shape index (κ1) is 16.2. The molecule has 3 heteroatoms. The second kappa shape index (κ2) is 9.96. The summed E-state index contributed by atoms with van der Waals surface area (Å²) in [5, 5.41) is 12.7. The third-order valence-corrected chi connectivity index (χ3v) is 3.39. The Kier molecular flexibility index (Phi) is 8.47. The summed E-state index contributed by atoms with van der Waals surface area (Å²) >= 11 is 0. The number of rotatable bonds is 10. The van der Waals surface area contributed by atoms with Gasteiger partial charge < -0.3 is 15.3 Å². The first-order valence-electron chi connectivity index (χ1n) is 7.33. The minimum atomic E-state index is 0.229. The molecule has 1 rings (SSSR count). The van der Waals surface area contributed by atoms with Crippen molar-refractivity contribution in [2.24, 2.45) is 0 Å². The molecular formula is C16H28N2O. The molecule has 0 fully saturated rings. The van der Waals surface area contributed by atoms with E-state index in [9.17, 15) is 5.11 Å². The van der Waals surface area contributed by atoms with Crippen molar-refractivity contribution in [1.82, 2.24) is 10.2 Å². The van der Waals surface area contributed by atoms with Crippen molar-refractivity contribution in [3.8, 4) is 0 Å². The molecule has 1 aromatic carbocycles. The van der Waals surface area contributed by atoms with Gasteiger partial charge in [0.25, 0.3) is 0 Å². The Morgan fingerprint density at radius 3 is 2.58 bits per heavy atom. The minimum Gasteiger partial charge on any atom is -0.395 e. The zero-order valence-corrected chi connectivity index (χ0v) is 12.3. The summed E-state index contributed by atoms with van der Waals surface area (Å²) in [6, 6.07) is 10.8. The molecule has 0 aromatic heterocycles. The van der Waals surface area contributed by atoms with E-state index >= 15 is 0 Å². The lowest BCUT2D eigenvalue weighted by molar-refractivity contribution is 0.218. The molecule has 0 aliphatic rings. The van der Waals surface area contributed by atoms with Crippen LogP contribution in [0, 0.1) is 0 Å². The van der Waals surface area contributed by atoms with Crippen molar-refractivity contribution in [3.05, 3.63) is 35.9 Å². The van der Waals surface area contributed by atoms with E-state index in [2.05, 4.69) is 54.5 Å². The molecule has 0 aliphatic carbocycles. The highest BCUT2D eigenvalue weighted by Crippen LogP contribution is 2.01. The molecule has 0 bridgehead atoms. The van der Waals surface area contributed by atoms with Gasteiger partial charge in [0, 0.05) is 12.6 Å². The molecule has 0 heterocycles. The lowest BCUT2D eigenvalue weighted by Gasteiger charge is -2.21. The largest absolute Gasteiger partial charge is 0.395 e. The lowest BCUT2D eigenvalue weighted by Crippen LogP contribution is -2.36.